The van der Waals surface area contributed by atoms with Crippen LogP contribution in [-0.4, -0.2) is 4.57 Å². The topological polar surface area (TPSA) is 8.17 Å². The zero-order valence-electron chi connectivity index (χ0n) is 30.8. The number of benzene rings is 9. The molecule has 2 heteroatoms. The summed E-state index contributed by atoms with van der Waals surface area (Å²) in [6, 6.07) is 83.0. The largest absolute Gasteiger partial charge is 0.310 e. The van der Waals surface area contributed by atoms with Gasteiger partial charge in [-0.3, -0.25) is 0 Å². The average molecular weight is 715 g/mol. The molecular weight excluding hydrogens is 677 g/mol. The van der Waals surface area contributed by atoms with Gasteiger partial charge in [0.05, 0.1) is 22.4 Å². The predicted octanol–water partition coefficient (Wildman–Crippen LogP) is 14.9. The minimum atomic E-state index is 1.08. The van der Waals surface area contributed by atoms with Gasteiger partial charge in [-0.2, -0.15) is 0 Å². The quantitative estimate of drug-likeness (QED) is 0.152. The molecule has 9 aromatic carbocycles. The van der Waals surface area contributed by atoms with Gasteiger partial charge >= 0.3 is 0 Å². The van der Waals surface area contributed by atoms with Crippen LogP contribution in [0.1, 0.15) is 0 Å². The first-order valence-corrected chi connectivity index (χ1v) is 19.2. The minimum absolute atomic E-state index is 1.08. The van der Waals surface area contributed by atoms with Gasteiger partial charge in [-0.15, -0.1) is 0 Å². The molecule has 0 aliphatic carbocycles. The first-order valence-electron chi connectivity index (χ1n) is 19.2. The summed E-state index contributed by atoms with van der Waals surface area (Å²) in [6.45, 7) is 0. The lowest BCUT2D eigenvalue weighted by Gasteiger charge is -2.29. The molecule has 10 aromatic rings. The van der Waals surface area contributed by atoms with Crippen molar-refractivity contribution in [1.82, 2.24) is 4.57 Å². The summed E-state index contributed by atoms with van der Waals surface area (Å²) in [5, 5.41) is 2.50. The molecule has 0 spiro atoms. The molecule has 1 aromatic heterocycles. The van der Waals surface area contributed by atoms with Crippen LogP contribution in [0.15, 0.2) is 231 Å². The summed E-state index contributed by atoms with van der Waals surface area (Å²) in [5.41, 5.74) is 16.3. The fraction of sp³-hybridized carbons (Fsp3) is 0. The molecule has 0 aliphatic heterocycles. The highest BCUT2D eigenvalue weighted by molar-refractivity contribution is 6.10. The molecule has 0 N–H and O–H groups in total. The van der Waals surface area contributed by atoms with E-state index in [9.17, 15) is 0 Å². The molecule has 10 rings (SSSR count). The number of rotatable bonds is 8. The van der Waals surface area contributed by atoms with E-state index < -0.39 is 0 Å². The van der Waals surface area contributed by atoms with Crippen molar-refractivity contribution < 1.29 is 0 Å². The maximum atomic E-state index is 2.43. The van der Waals surface area contributed by atoms with Gasteiger partial charge < -0.3 is 9.47 Å². The van der Waals surface area contributed by atoms with Crippen molar-refractivity contribution >= 4 is 38.9 Å². The van der Waals surface area contributed by atoms with Crippen molar-refractivity contribution in [2.75, 3.05) is 4.90 Å². The zero-order chi connectivity index (χ0) is 37.3. The molecule has 0 saturated heterocycles. The molecule has 0 fully saturated rings. The Morgan fingerprint density at radius 3 is 1.25 bits per heavy atom. The standard InChI is InChI=1S/C54H38N2/c1-3-17-39(18-4-1)40-31-35-43(36-32-40)55(44-37-33-42(34-38-44)46-22-8-7-21-45(46)41-19-5-2-6-20-41)51-27-13-9-23-47(51)48-24-10-14-28-52(48)56-53-29-15-11-25-49(53)50-26-12-16-30-54(50)56/h1-38H. The number of hydrogen-bond acceptors (Lipinski definition) is 1. The van der Waals surface area contributed by atoms with Crippen molar-refractivity contribution in [3.8, 4) is 50.2 Å². The Morgan fingerprint density at radius 1 is 0.268 bits per heavy atom. The Bertz CT molecular complexity index is 2890. The fourth-order valence-electron chi connectivity index (χ4n) is 8.23. The van der Waals surface area contributed by atoms with Crippen molar-refractivity contribution in [2.45, 2.75) is 0 Å². The van der Waals surface area contributed by atoms with Gasteiger partial charge in [-0.05, 0) is 81.9 Å². The highest BCUT2D eigenvalue weighted by Gasteiger charge is 2.21. The summed E-state index contributed by atoms with van der Waals surface area (Å²) in [4.78, 5) is 2.40. The predicted molar refractivity (Wildman–Crippen MR) is 237 cm³/mol. The summed E-state index contributed by atoms with van der Waals surface area (Å²) in [5.74, 6) is 0. The molecule has 0 atom stereocenters. The van der Waals surface area contributed by atoms with Gasteiger partial charge in [-0.1, -0.05) is 182 Å². The van der Waals surface area contributed by atoms with E-state index in [4.69, 9.17) is 0 Å². The van der Waals surface area contributed by atoms with Crippen LogP contribution in [0.5, 0.6) is 0 Å². The Morgan fingerprint density at radius 2 is 0.661 bits per heavy atom. The Labute approximate surface area is 327 Å². The molecule has 0 saturated carbocycles. The summed E-state index contributed by atoms with van der Waals surface area (Å²) in [7, 11) is 0. The van der Waals surface area contributed by atoms with Crippen molar-refractivity contribution in [3.05, 3.63) is 231 Å². The maximum absolute atomic E-state index is 2.43. The van der Waals surface area contributed by atoms with Crippen LogP contribution in [-0.2, 0) is 0 Å². The number of nitrogens with zero attached hydrogens (tertiary/aromatic N) is 2. The third-order valence-electron chi connectivity index (χ3n) is 10.8. The highest BCUT2D eigenvalue weighted by Crippen LogP contribution is 2.45. The van der Waals surface area contributed by atoms with Crippen LogP contribution < -0.4 is 4.90 Å². The molecule has 0 unspecified atom stereocenters. The molecule has 0 amide bonds. The van der Waals surface area contributed by atoms with E-state index in [0.29, 0.717) is 0 Å². The van der Waals surface area contributed by atoms with Crippen molar-refractivity contribution in [1.29, 1.82) is 0 Å². The van der Waals surface area contributed by atoms with Gasteiger partial charge in [0.25, 0.3) is 0 Å². The SMILES string of the molecule is c1ccc(-c2ccc(N(c3ccc(-c4ccccc4-c4ccccc4)cc3)c3ccccc3-c3ccccc3-n3c4ccccc4c4ccccc43)cc2)cc1. The van der Waals surface area contributed by atoms with Crippen LogP contribution in [0.2, 0.25) is 0 Å². The first kappa shape index (κ1) is 33.2. The molecule has 2 nitrogen and oxygen atoms in total. The normalized spacial score (nSPS) is 11.2. The molecular formula is C54H38N2. The van der Waals surface area contributed by atoms with Crippen molar-refractivity contribution in [3.63, 3.8) is 0 Å². The molecule has 0 bridgehead atoms. The number of fused-ring (bicyclic) bond motifs is 3. The van der Waals surface area contributed by atoms with Crippen LogP contribution >= 0.6 is 0 Å². The van der Waals surface area contributed by atoms with Gasteiger partial charge in [0.15, 0.2) is 0 Å². The van der Waals surface area contributed by atoms with Gasteiger partial charge in [0.2, 0.25) is 0 Å². The van der Waals surface area contributed by atoms with E-state index in [1.807, 2.05) is 0 Å². The van der Waals surface area contributed by atoms with E-state index >= 15 is 0 Å². The summed E-state index contributed by atoms with van der Waals surface area (Å²) >= 11 is 0. The third-order valence-corrected chi connectivity index (χ3v) is 10.8. The lowest BCUT2D eigenvalue weighted by Crippen LogP contribution is -2.11. The Balaban J connectivity index is 1.14. The monoisotopic (exact) mass is 714 g/mol. The Hall–Kier alpha value is -7.42. The number of anilines is 3. The lowest BCUT2D eigenvalue weighted by atomic mass is 9.94. The smallest absolute Gasteiger partial charge is 0.0541 e. The van der Waals surface area contributed by atoms with Gasteiger partial charge in [0, 0.05) is 33.3 Å². The fourth-order valence-corrected chi connectivity index (χ4v) is 8.23. The van der Waals surface area contributed by atoms with Crippen LogP contribution in [0.3, 0.4) is 0 Å². The maximum Gasteiger partial charge on any atom is 0.0541 e. The summed E-state index contributed by atoms with van der Waals surface area (Å²) < 4.78 is 2.43. The number of para-hydroxylation sites is 4. The minimum Gasteiger partial charge on any atom is -0.310 e. The van der Waals surface area contributed by atoms with E-state index in [0.717, 1.165) is 33.9 Å². The third kappa shape index (κ3) is 5.95. The van der Waals surface area contributed by atoms with E-state index in [2.05, 4.69) is 240 Å². The first-order chi connectivity index (χ1) is 27.8. The van der Waals surface area contributed by atoms with Crippen molar-refractivity contribution in [2.24, 2.45) is 0 Å². The second-order valence-corrected chi connectivity index (χ2v) is 14.1. The van der Waals surface area contributed by atoms with Crippen LogP contribution in [0.25, 0.3) is 72.0 Å². The summed E-state index contributed by atoms with van der Waals surface area (Å²) in [6.07, 6.45) is 0. The zero-order valence-corrected chi connectivity index (χ0v) is 30.8. The Kier molecular flexibility index (Phi) is 8.55. The molecule has 0 aliphatic rings. The highest BCUT2D eigenvalue weighted by atomic mass is 15.1. The molecule has 0 radical (unpaired) electrons. The lowest BCUT2D eigenvalue weighted by molar-refractivity contribution is 1.18. The van der Waals surface area contributed by atoms with E-state index in [-0.39, 0.29) is 0 Å². The number of aromatic nitrogens is 1. The van der Waals surface area contributed by atoms with Crippen LogP contribution in [0, 0.1) is 0 Å². The van der Waals surface area contributed by atoms with E-state index in [1.165, 1.54) is 55.2 Å². The molecule has 1 heterocycles. The molecule has 264 valence electrons. The number of hydrogen-bond donors (Lipinski definition) is 0. The second kappa shape index (κ2) is 14.4. The second-order valence-electron chi connectivity index (χ2n) is 14.1. The molecule has 56 heavy (non-hydrogen) atoms. The van der Waals surface area contributed by atoms with E-state index in [1.54, 1.807) is 0 Å². The average Bonchev–Trinajstić information content (AvgIpc) is 3.62. The van der Waals surface area contributed by atoms with Crippen LogP contribution in [0.4, 0.5) is 17.1 Å². The van der Waals surface area contributed by atoms with Gasteiger partial charge in [0.1, 0.15) is 0 Å². The van der Waals surface area contributed by atoms with Gasteiger partial charge in [-0.25, -0.2) is 0 Å².